The van der Waals surface area contributed by atoms with E-state index in [4.69, 9.17) is 11.6 Å². The van der Waals surface area contributed by atoms with Gasteiger partial charge in [0.2, 0.25) is 11.8 Å². The van der Waals surface area contributed by atoms with Crippen LogP contribution in [0.15, 0.2) is 42.5 Å². The highest BCUT2D eigenvalue weighted by Gasteiger charge is 2.35. The van der Waals surface area contributed by atoms with Crippen LogP contribution in [-0.2, 0) is 9.59 Å². The number of anilines is 1. The Labute approximate surface area is 162 Å². The number of aryl methyl sites for hydroxylation is 2. The molecule has 3 amide bonds. The number of carbonyl (C=O) groups excluding carboxylic acids is 3. The minimum Gasteiger partial charge on any atom is -0.312 e. The summed E-state index contributed by atoms with van der Waals surface area (Å²) in [6, 6.07) is 12.1. The van der Waals surface area contributed by atoms with Crippen LogP contribution >= 0.6 is 11.6 Å². The Hall–Kier alpha value is -2.86. The molecule has 1 saturated heterocycles. The molecule has 0 saturated carbocycles. The Morgan fingerprint density at radius 1 is 1.04 bits per heavy atom. The van der Waals surface area contributed by atoms with Crippen molar-refractivity contribution in [3.8, 4) is 0 Å². The van der Waals surface area contributed by atoms with Crippen LogP contribution in [0.2, 0.25) is 5.02 Å². The molecule has 0 unspecified atom stereocenters. The standard InChI is InChI=1S/C20H20ClN3O3/c1-12-3-8-17(9-13(12)2)24-11-15(10-18(24)25)20(27)23-22-19(26)14-4-6-16(21)7-5-14/h3-9,15H,10-11H2,1-2H3,(H,22,26)(H,23,27)/t15-/m0/s1. The van der Waals surface area contributed by atoms with Crippen LogP contribution in [0.25, 0.3) is 0 Å². The third-order valence-corrected chi connectivity index (χ3v) is 4.96. The lowest BCUT2D eigenvalue weighted by molar-refractivity contribution is -0.126. The molecule has 0 radical (unpaired) electrons. The van der Waals surface area contributed by atoms with Gasteiger partial charge in [0.05, 0.1) is 5.92 Å². The summed E-state index contributed by atoms with van der Waals surface area (Å²) in [7, 11) is 0. The maximum atomic E-state index is 12.4. The summed E-state index contributed by atoms with van der Waals surface area (Å²) in [5.74, 6) is -1.47. The number of hydrazine groups is 1. The predicted molar refractivity (Wildman–Crippen MR) is 103 cm³/mol. The van der Waals surface area contributed by atoms with Crippen molar-refractivity contribution in [1.29, 1.82) is 0 Å². The lowest BCUT2D eigenvalue weighted by Crippen LogP contribution is -2.45. The van der Waals surface area contributed by atoms with Crippen molar-refractivity contribution in [1.82, 2.24) is 10.9 Å². The summed E-state index contributed by atoms with van der Waals surface area (Å²) < 4.78 is 0. The van der Waals surface area contributed by atoms with E-state index in [2.05, 4.69) is 10.9 Å². The van der Waals surface area contributed by atoms with Gasteiger partial charge in [0, 0.05) is 29.2 Å². The van der Waals surface area contributed by atoms with Gasteiger partial charge >= 0.3 is 0 Å². The lowest BCUT2D eigenvalue weighted by Gasteiger charge is -2.18. The van der Waals surface area contributed by atoms with Gasteiger partial charge < -0.3 is 4.90 Å². The van der Waals surface area contributed by atoms with Crippen molar-refractivity contribution in [2.24, 2.45) is 5.92 Å². The van der Waals surface area contributed by atoms with Gasteiger partial charge in [0.15, 0.2) is 0 Å². The average molecular weight is 386 g/mol. The molecule has 7 heteroatoms. The van der Waals surface area contributed by atoms with E-state index < -0.39 is 17.7 Å². The number of amides is 3. The molecule has 3 rings (SSSR count). The maximum Gasteiger partial charge on any atom is 0.269 e. The molecule has 0 aromatic heterocycles. The van der Waals surface area contributed by atoms with E-state index in [-0.39, 0.29) is 18.9 Å². The molecule has 140 valence electrons. The highest BCUT2D eigenvalue weighted by atomic mass is 35.5. The summed E-state index contributed by atoms with van der Waals surface area (Å²) in [6.07, 6.45) is 0.107. The monoisotopic (exact) mass is 385 g/mol. The van der Waals surface area contributed by atoms with Crippen LogP contribution in [0.1, 0.15) is 27.9 Å². The summed E-state index contributed by atoms with van der Waals surface area (Å²) in [5.41, 5.74) is 8.15. The first-order valence-electron chi connectivity index (χ1n) is 8.58. The van der Waals surface area contributed by atoms with Crippen LogP contribution in [0.3, 0.4) is 0 Å². The van der Waals surface area contributed by atoms with E-state index in [1.807, 2.05) is 32.0 Å². The number of carbonyl (C=O) groups is 3. The van der Waals surface area contributed by atoms with Gasteiger partial charge in [-0.05, 0) is 61.4 Å². The van der Waals surface area contributed by atoms with Gasteiger partial charge in [-0.15, -0.1) is 0 Å². The molecular weight excluding hydrogens is 366 g/mol. The normalized spacial score (nSPS) is 16.3. The van der Waals surface area contributed by atoms with Crippen molar-refractivity contribution in [2.45, 2.75) is 20.3 Å². The zero-order valence-electron chi connectivity index (χ0n) is 15.1. The number of hydrogen-bond donors (Lipinski definition) is 2. The van der Waals surface area contributed by atoms with Crippen molar-refractivity contribution in [3.05, 3.63) is 64.2 Å². The fraction of sp³-hybridized carbons (Fsp3) is 0.250. The SMILES string of the molecule is Cc1ccc(N2C[C@@H](C(=O)NNC(=O)c3ccc(Cl)cc3)CC2=O)cc1C. The minimum absolute atomic E-state index is 0.107. The molecule has 2 aromatic carbocycles. The molecule has 27 heavy (non-hydrogen) atoms. The summed E-state index contributed by atoms with van der Waals surface area (Å²) in [5, 5.41) is 0.520. The van der Waals surface area contributed by atoms with Crippen molar-refractivity contribution >= 4 is 35.0 Å². The second kappa shape index (κ2) is 7.80. The highest BCUT2D eigenvalue weighted by Crippen LogP contribution is 2.26. The van der Waals surface area contributed by atoms with E-state index >= 15 is 0 Å². The van der Waals surface area contributed by atoms with Gasteiger partial charge in [-0.25, -0.2) is 0 Å². The quantitative estimate of drug-likeness (QED) is 0.797. The van der Waals surface area contributed by atoms with Crippen LogP contribution in [-0.4, -0.2) is 24.3 Å². The van der Waals surface area contributed by atoms with Gasteiger partial charge in [-0.3, -0.25) is 25.2 Å². The molecule has 0 bridgehead atoms. The average Bonchev–Trinajstić information content (AvgIpc) is 3.04. The first-order chi connectivity index (χ1) is 12.8. The van der Waals surface area contributed by atoms with Crippen molar-refractivity contribution < 1.29 is 14.4 Å². The first kappa shape index (κ1) is 18.9. The largest absolute Gasteiger partial charge is 0.312 e. The zero-order chi connectivity index (χ0) is 19.6. The van der Waals surface area contributed by atoms with E-state index in [0.717, 1.165) is 16.8 Å². The smallest absolute Gasteiger partial charge is 0.269 e. The molecule has 1 aliphatic rings. The molecular formula is C20H20ClN3O3. The van der Waals surface area contributed by atoms with Crippen LogP contribution < -0.4 is 15.8 Å². The number of nitrogens with one attached hydrogen (secondary N) is 2. The minimum atomic E-state index is -0.523. The molecule has 1 fully saturated rings. The van der Waals surface area contributed by atoms with E-state index in [1.165, 1.54) is 0 Å². The van der Waals surface area contributed by atoms with Gasteiger partial charge in [0.25, 0.3) is 5.91 Å². The van der Waals surface area contributed by atoms with E-state index in [9.17, 15) is 14.4 Å². The fourth-order valence-electron chi connectivity index (χ4n) is 2.92. The third kappa shape index (κ3) is 4.28. The first-order valence-corrected chi connectivity index (χ1v) is 8.96. The van der Waals surface area contributed by atoms with Crippen LogP contribution in [0.5, 0.6) is 0 Å². The fourth-order valence-corrected chi connectivity index (χ4v) is 3.05. The Balaban J connectivity index is 1.59. The molecule has 1 heterocycles. The van der Waals surface area contributed by atoms with Crippen LogP contribution in [0.4, 0.5) is 5.69 Å². The molecule has 2 aromatic rings. The Bertz CT molecular complexity index is 896. The summed E-state index contributed by atoms with van der Waals surface area (Å²) in [6.45, 7) is 4.27. The maximum absolute atomic E-state index is 12.4. The molecule has 2 N–H and O–H groups in total. The predicted octanol–water partition coefficient (Wildman–Crippen LogP) is 2.77. The summed E-state index contributed by atoms with van der Waals surface area (Å²) >= 11 is 5.79. The third-order valence-electron chi connectivity index (χ3n) is 4.70. The molecule has 0 spiro atoms. The number of hydrogen-bond acceptors (Lipinski definition) is 3. The Morgan fingerprint density at radius 2 is 1.74 bits per heavy atom. The second-order valence-electron chi connectivity index (χ2n) is 6.62. The molecule has 6 nitrogen and oxygen atoms in total. The number of nitrogens with zero attached hydrogens (tertiary/aromatic N) is 1. The lowest BCUT2D eigenvalue weighted by atomic mass is 10.1. The summed E-state index contributed by atoms with van der Waals surface area (Å²) in [4.78, 5) is 38.3. The molecule has 1 atom stereocenters. The highest BCUT2D eigenvalue weighted by molar-refractivity contribution is 6.30. The van der Waals surface area contributed by atoms with Gasteiger partial charge in [0.1, 0.15) is 0 Å². The van der Waals surface area contributed by atoms with Gasteiger partial charge in [-0.2, -0.15) is 0 Å². The van der Waals surface area contributed by atoms with E-state index in [1.54, 1.807) is 29.2 Å². The zero-order valence-corrected chi connectivity index (χ0v) is 15.8. The molecule has 1 aliphatic heterocycles. The Morgan fingerprint density at radius 3 is 2.41 bits per heavy atom. The van der Waals surface area contributed by atoms with Crippen molar-refractivity contribution in [2.75, 3.05) is 11.4 Å². The number of rotatable bonds is 3. The van der Waals surface area contributed by atoms with Gasteiger partial charge in [-0.1, -0.05) is 17.7 Å². The second-order valence-corrected chi connectivity index (χ2v) is 7.06. The van der Waals surface area contributed by atoms with Crippen molar-refractivity contribution in [3.63, 3.8) is 0 Å². The Kier molecular flexibility index (Phi) is 5.46. The number of benzene rings is 2. The number of halogens is 1. The topological polar surface area (TPSA) is 78.5 Å². The van der Waals surface area contributed by atoms with E-state index in [0.29, 0.717) is 10.6 Å². The van der Waals surface area contributed by atoms with Crippen LogP contribution in [0, 0.1) is 19.8 Å². The molecule has 0 aliphatic carbocycles.